The molecule has 25 heavy (non-hydrogen) atoms. The molecule has 1 aromatic rings. The van der Waals surface area contributed by atoms with E-state index in [1.807, 2.05) is 12.1 Å². The molecule has 3 nitrogen and oxygen atoms in total. The second-order valence-electron chi connectivity index (χ2n) is 8.61. The molecule has 1 aromatic carbocycles. The molecule has 0 radical (unpaired) electrons. The minimum Gasteiger partial charge on any atom is -0.342 e. The molecule has 3 aliphatic rings. The number of halogens is 1. The maximum Gasteiger partial charge on any atom is 0.229 e. The van der Waals surface area contributed by atoms with Gasteiger partial charge in [-0.3, -0.25) is 4.79 Å². The number of likely N-dealkylation sites (tertiary alicyclic amines) is 1. The highest BCUT2D eigenvalue weighted by molar-refractivity contribution is 5.87. The summed E-state index contributed by atoms with van der Waals surface area (Å²) < 4.78 is 13.0. The van der Waals surface area contributed by atoms with Gasteiger partial charge in [0.05, 0.1) is 5.41 Å². The Kier molecular flexibility index (Phi) is 4.35. The lowest BCUT2D eigenvalue weighted by molar-refractivity contribution is -0.139. The SMILES string of the molecule is CC1(C(=O)N2CCC(Cc3ccc(F)cc3)CC2)CC12CCNCC2. The van der Waals surface area contributed by atoms with E-state index in [0.29, 0.717) is 11.8 Å². The van der Waals surface area contributed by atoms with Crippen molar-refractivity contribution in [2.75, 3.05) is 26.2 Å². The largest absolute Gasteiger partial charge is 0.342 e. The maximum absolute atomic E-state index is 13.1. The van der Waals surface area contributed by atoms with Gasteiger partial charge >= 0.3 is 0 Å². The van der Waals surface area contributed by atoms with Gasteiger partial charge in [-0.25, -0.2) is 4.39 Å². The second-order valence-corrected chi connectivity index (χ2v) is 8.61. The number of piperidine rings is 2. The zero-order valence-electron chi connectivity index (χ0n) is 15.2. The van der Waals surface area contributed by atoms with E-state index in [2.05, 4.69) is 17.1 Å². The molecule has 0 aromatic heterocycles. The lowest BCUT2D eigenvalue weighted by atomic mass is 9.84. The fraction of sp³-hybridized carbons (Fsp3) is 0.667. The fourth-order valence-corrected chi connectivity index (χ4v) is 5.21. The van der Waals surface area contributed by atoms with Gasteiger partial charge in [-0.05, 0) is 80.6 Å². The number of carbonyl (C=O) groups is 1. The summed E-state index contributed by atoms with van der Waals surface area (Å²) >= 11 is 0. The predicted molar refractivity (Wildman–Crippen MR) is 96.7 cm³/mol. The molecular weight excluding hydrogens is 315 g/mol. The molecule has 1 N–H and O–H groups in total. The van der Waals surface area contributed by atoms with Gasteiger partial charge in [-0.1, -0.05) is 19.1 Å². The van der Waals surface area contributed by atoms with Crippen molar-refractivity contribution in [2.45, 2.75) is 45.4 Å². The summed E-state index contributed by atoms with van der Waals surface area (Å²) in [7, 11) is 0. The number of carbonyl (C=O) groups excluding carboxylic acids is 1. The molecule has 0 bridgehead atoms. The molecule has 2 aliphatic heterocycles. The monoisotopic (exact) mass is 344 g/mol. The summed E-state index contributed by atoms with van der Waals surface area (Å²) in [5.41, 5.74) is 1.37. The number of rotatable bonds is 3. The molecular formula is C21H29FN2O. The van der Waals surface area contributed by atoms with Gasteiger partial charge in [0.2, 0.25) is 5.91 Å². The van der Waals surface area contributed by atoms with E-state index in [1.165, 1.54) is 5.56 Å². The summed E-state index contributed by atoms with van der Waals surface area (Å²) in [5, 5.41) is 3.42. The molecule has 2 saturated heterocycles. The quantitative estimate of drug-likeness (QED) is 0.912. The van der Waals surface area contributed by atoms with Crippen LogP contribution >= 0.6 is 0 Å². The van der Waals surface area contributed by atoms with Crippen LogP contribution in [0.15, 0.2) is 24.3 Å². The first-order chi connectivity index (χ1) is 12.0. The van der Waals surface area contributed by atoms with E-state index in [1.54, 1.807) is 12.1 Å². The zero-order valence-corrected chi connectivity index (χ0v) is 15.2. The van der Waals surface area contributed by atoms with Gasteiger partial charge in [-0.2, -0.15) is 0 Å². The third-order valence-electron chi connectivity index (χ3n) is 7.11. The van der Waals surface area contributed by atoms with E-state index in [0.717, 1.165) is 64.7 Å². The van der Waals surface area contributed by atoms with Crippen LogP contribution in [-0.2, 0) is 11.2 Å². The Morgan fingerprint density at radius 1 is 1.20 bits per heavy atom. The van der Waals surface area contributed by atoms with E-state index >= 15 is 0 Å². The van der Waals surface area contributed by atoms with Gasteiger partial charge in [0.1, 0.15) is 5.82 Å². The highest BCUT2D eigenvalue weighted by Gasteiger charge is 2.68. The summed E-state index contributed by atoms with van der Waals surface area (Å²) in [6.45, 7) is 6.08. The van der Waals surface area contributed by atoms with Crippen LogP contribution < -0.4 is 5.32 Å². The minimum atomic E-state index is -0.173. The molecule has 1 amide bonds. The summed E-state index contributed by atoms with van der Waals surface area (Å²) in [6, 6.07) is 6.86. The molecule has 4 heteroatoms. The van der Waals surface area contributed by atoms with Crippen LogP contribution in [0.5, 0.6) is 0 Å². The minimum absolute atomic E-state index is 0.112. The molecule has 136 valence electrons. The van der Waals surface area contributed by atoms with Gasteiger partial charge < -0.3 is 10.2 Å². The number of nitrogens with zero attached hydrogens (tertiary/aromatic N) is 1. The third kappa shape index (κ3) is 3.10. The maximum atomic E-state index is 13.1. The van der Waals surface area contributed by atoms with Crippen LogP contribution in [0, 0.1) is 22.6 Å². The van der Waals surface area contributed by atoms with E-state index in [-0.39, 0.29) is 16.6 Å². The molecule has 4 rings (SSSR count). The van der Waals surface area contributed by atoms with Crippen LogP contribution in [0.2, 0.25) is 0 Å². The van der Waals surface area contributed by atoms with Crippen molar-refractivity contribution in [3.05, 3.63) is 35.6 Å². The highest BCUT2D eigenvalue weighted by atomic mass is 19.1. The van der Waals surface area contributed by atoms with Gasteiger partial charge in [0.25, 0.3) is 0 Å². The number of hydrogen-bond donors (Lipinski definition) is 1. The van der Waals surface area contributed by atoms with Crippen molar-refractivity contribution in [1.29, 1.82) is 0 Å². The average Bonchev–Trinajstić information content (AvgIpc) is 3.21. The second kappa shape index (κ2) is 6.39. The third-order valence-corrected chi connectivity index (χ3v) is 7.11. The topological polar surface area (TPSA) is 32.3 Å². The Hall–Kier alpha value is -1.42. The Morgan fingerprint density at radius 2 is 1.84 bits per heavy atom. The lowest BCUT2D eigenvalue weighted by Gasteiger charge is -2.36. The first-order valence-electron chi connectivity index (χ1n) is 9.77. The van der Waals surface area contributed by atoms with Gasteiger partial charge in [0, 0.05) is 13.1 Å². The Bertz CT molecular complexity index is 630. The number of amides is 1. The zero-order chi connectivity index (χ0) is 17.5. The molecule has 1 unspecified atom stereocenters. The summed E-state index contributed by atoms with van der Waals surface area (Å²) in [6.07, 6.45) is 6.50. The van der Waals surface area contributed by atoms with Crippen LogP contribution in [0.4, 0.5) is 4.39 Å². The number of benzene rings is 1. The van der Waals surface area contributed by atoms with Crippen molar-refractivity contribution in [3.8, 4) is 0 Å². The number of hydrogen-bond acceptors (Lipinski definition) is 2. The van der Waals surface area contributed by atoms with Crippen LogP contribution in [0.25, 0.3) is 0 Å². The lowest BCUT2D eigenvalue weighted by Crippen LogP contribution is -2.45. The molecule has 3 fully saturated rings. The number of nitrogens with one attached hydrogen (secondary N) is 1. The Labute approximate surface area is 150 Å². The predicted octanol–water partition coefficient (Wildman–Crippen LogP) is 3.39. The van der Waals surface area contributed by atoms with Crippen LogP contribution in [-0.4, -0.2) is 37.0 Å². The smallest absolute Gasteiger partial charge is 0.229 e. The van der Waals surface area contributed by atoms with Crippen molar-refractivity contribution in [3.63, 3.8) is 0 Å². The summed E-state index contributed by atoms with van der Waals surface area (Å²) in [4.78, 5) is 15.2. The van der Waals surface area contributed by atoms with Crippen molar-refractivity contribution in [2.24, 2.45) is 16.7 Å². The van der Waals surface area contributed by atoms with Crippen molar-refractivity contribution >= 4 is 5.91 Å². The Balaban J connectivity index is 1.31. The molecule has 1 atom stereocenters. The van der Waals surface area contributed by atoms with Gasteiger partial charge in [-0.15, -0.1) is 0 Å². The fourth-order valence-electron chi connectivity index (χ4n) is 5.21. The highest BCUT2D eigenvalue weighted by Crippen LogP contribution is 2.69. The van der Waals surface area contributed by atoms with E-state index < -0.39 is 0 Å². The van der Waals surface area contributed by atoms with E-state index in [9.17, 15) is 9.18 Å². The average molecular weight is 344 g/mol. The molecule has 1 aliphatic carbocycles. The Morgan fingerprint density at radius 3 is 2.48 bits per heavy atom. The van der Waals surface area contributed by atoms with Crippen LogP contribution in [0.3, 0.4) is 0 Å². The molecule has 1 spiro atoms. The van der Waals surface area contributed by atoms with E-state index in [4.69, 9.17) is 0 Å². The first kappa shape index (κ1) is 17.0. The van der Waals surface area contributed by atoms with Crippen molar-refractivity contribution < 1.29 is 9.18 Å². The first-order valence-corrected chi connectivity index (χ1v) is 9.77. The molecule has 2 heterocycles. The molecule has 1 saturated carbocycles. The normalized spacial score (nSPS) is 29.0. The standard InChI is InChI=1S/C21H29FN2O/c1-20(15-21(20)8-10-23-11-9-21)19(25)24-12-6-17(7-13-24)14-16-2-4-18(22)5-3-16/h2-5,17,23H,6-15H2,1H3. The van der Waals surface area contributed by atoms with Crippen molar-refractivity contribution in [1.82, 2.24) is 10.2 Å². The van der Waals surface area contributed by atoms with Gasteiger partial charge in [0.15, 0.2) is 0 Å². The van der Waals surface area contributed by atoms with Crippen LogP contribution in [0.1, 0.15) is 44.6 Å². The summed E-state index contributed by atoms with van der Waals surface area (Å²) in [5.74, 6) is 0.831.